The van der Waals surface area contributed by atoms with Gasteiger partial charge >= 0.3 is 0 Å². The van der Waals surface area contributed by atoms with Crippen LogP contribution in [0, 0.1) is 11.6 Å². The second kappa shape index (κ2) is 9.66. The zero-order chi connectivity index (χ0) is 27.1. The Morgan fingerprint density at radius 2 is 1.67 bits per heavy atom. The van der Waals surface area contributed by atoms with Gasteiger partial charge in [0.05, 0.1) is 11.3 Å². The summed E-state index contributed by atoms with van der Waals surface area (Å²) in [7, 11) is -4.17. The van der Waals surface area contributed by atoms with E-state index in [0.717, 1.165) is 30.8 Å². The summed E-state index contributed by atoms with van der Waals surface area (Å²) >= 11 is 0. The molecule has 0 spiro atoms. The first-order valence-electron chi connectivity index (χ1n) is 12.2. The molecule has 3 heterocycles. The fraction of sp³-hybridized carbons (Fsp3) is 0.143. The molecule has 2 N–H and O–H groups in total. The van der Waals surface area contributed by atoms with Crippen LogP contribution in [-0.2, 0) is 15.8 Å². The fourth-order valence-electron chi connectivity index (χ4n) is 4.34. The Morgan fingerprint density at radius 3 is 2.38 bits per heavy atom. The van der Waals surface area contributed by atoms with E-state index in [1.54, 1.807) is 55.0 Å². The number of sulfonamides is 1. The number of anilines is 1. The van der Waals surface area contributed by atoms with Crippen LogP contribution >= 0.6 is 0 Å². The summed E-state index contributed by atoms with van der Waals surface area (Å²) in [5.74, 6) is -2.49. The van der Waals surface area contributed by atoms with Crippen molar-refractivity contribution in [3.8, 4) is 11.1 Å². The Labute approximate surface area is 222 Å². The van der Waals surface area contributed by atoms with Crippen LogP contribution < -0.4 is 4.72 Å². The molecule has 0 unspecified atom stereocenters. The molecule has 0 saturated heterocycles. The SMILES string of the molecule is O=C(c1ccc(F)c(NS(=O)(=O)Cc2ccccc2)c1F)c1c[nH]c2ncc(-c3cnc(C4CC4)nc3)cc12. The van der Waals surface area contributed by atoms with Crippen LogP contribution in [0.4, 0.5) is 14.5 Å². The van der Waals surface area contributed by atoms with E-state index >= 15 is 4.39 Å². The second-order valence-electron chi connectivity index (χ2n) is 9.39. The van der Waals surface area contributed by atoms with Crippen molar-refractivity contribution in [2.75, 3.05) is 4.72 Å². The number of pyridine rings is 1. The van der Waals surface area contributed by atoms with Gasteiger partial charge in [-0.1, -0.05) is 30.3 Å². The molecule has 196 valence electrons. The highest BCUT2D eigenvalue weighted by molar-refractivity contribution is 7.91. The van der Waals surface area contributed by atoms with E-state index in [-0.39, 0.29) is 5.56 Å². The lowest BCUT2D eigenvalue weighted by Gasteiger charge is -2.12. The van der Waals surface area contributed by atoms with Crippen LogP contribution in [0.1, 0.15) is 46.1 Å². The highest BCUT2D eigenvalue weighted by Crippen LogP contribution is 2.38. The Morgan fingerprint density at radius 1 is 0.949 bits per heavy atom. The quantitative estimate of drug-likeness (QED) is 0.254. The number of carbonyl (C=O) groups is 1. The molecular formula is C28H21F2N5O3S. The van der Waals surface area contributed by atoms with Crippen LogP contribution in [-0.4, -0.2) is 34.1 Å². The van der Waals surface area contributed by atoms with Crippen molar-refractivity contribution in [2.24, 2.45) is 0 Å². The maximum Gasteiger partial charge on any atom is 0.237 e. The van der Waals surface area contributed by atoms with Crippen molar-refractivity contribution in [3.05, 3.63) is 107 Å². The minimum atomic E-state index is -4.17. The number of fused-ring (bicyclic) bond motifs is 1. The maximum absolute atomic E-state index is 15.5. The first-order chi connectivity index (χ1) is 18.8. The summed E-state index contributed by atoms with van der Waals surface area (Å²) in [5, 5.41) is 0.415. The first kappa shape index (κ1) is 24.8. The lowest BCUT2D eigenvalue weighted by molar-refractivity contribution is 0.103. The average Bonchev–Trinajstić information content (AvgIpc) is 3.70. The molecular weight excluding hydrogens is 524 g/mol. The number of aromatic amines is 1. The largest absolute Gasteiger partial charge is 0.345 e. The number of nitrogens with one attached hydrogen (secondary N) is 2. The molecule has 1 saturated carbocycles. The van der Waals surface area contributed by atoms with Crippen LogP contribution in [0.5, 0.6) is 0 Å². The second-order valence-corrected chi connectivity index (χ2v) is 11.1. The van der Waals surface area contributed by atoms with E-state index < -0.39 is 44.4 Å². The molecule has 1 aliphatic carbocycles. The van der Waals surface area contributed by atoms with Crippen molar-refractivity contribution >= 4 is 32.5 Å². The lowest BCUT2D eigenvalue weighted by atomic mass is 10.0. The van der Waals surface area contributed by atoms with Gasteiger partial charge in [0, 0.05) is 52.8 Å². The average molecular weight is 546 g/mol. The third-order valence-electron chi connectivity index (χ3n) is 6.52. The van der Waals surface area contributed by atoms with E-state index in [4.69, 9.17) is 0 Å². The van der Waals surface area contributed by atoms with Gasteiger partial charge in [0.1, 0.15) is 23.0 Å². The number of hydrogen-bond acceptors (Lipinski definition) is 6. The topological polar surface area (TPSA) is 118 Å². The summed E-state index contributed by atoms with van der Waals surface area (Å²) in [6, 6.07) is 11.8. The van der Waals surface area contributed by atoms with E-state index in [1.807, 2.05) is 4.72 Å². The molecule has 0 atom stereocenters. The fourth-order valence-corrected chi connectivity index (χ4v) is 5.54. The molecule has 2 aromatic carbocycles. The highest BCUT2D eigenvalue weighted by atomic mass is 32.2. The molecule has 3 aromatic heterocycles. The zero-order valence-electron chi connectivity index (χ0n) is 20.4. The van der Waals surface area contributed by atoms with Crippen LogP contribution in [0.3, 0.4) is 0 Å². The van der Waals surface area contributed by atoms with Gasteiger partial charge in [0.25, 0.3) is 0 Å². The van der Waals surface area contributed by atoms with Crippen LogP contribution in [0.25, 0.3) is 22.2 Å². The third kappa shape index (κ3) is 5.00. The van der Waals surface area contributed by atoms with E-state index in [9.17, 15) is 17.6 Å². The first-order valence-corrected chi connectivity index (χ1v) is 13.8. The maximum atomic E-state index is 15.5. The van der Waals surface area contributed by atoms with Gasteiger partial charge in [-0.2, -0.15) is 0 Å². The van der Waals surface area contributed by atoms with E-state index in [1.165, 1.54) is 6.20 Å². The monoisotopic (exact) mass is 545 g/mol. The Balaban J connectivity index is 1.32. The van der Waals surface area contributed by atoms with Crippen LogP contribution in [0.15, 0.2) is 73.3 Å². The minimum absolute atomic E-state index is 0.0958. The van der Waals surface area contributed by atoms with Gasteiger partial charge in [0.15, 0.2) is 11.6 Å². The third-order valence-corrected chi connectivity index (χ3v) is 7.74. The molecule has 1 aliphatic rings. The molecule has 0 aliphatic heterocycles. The van der Waals surface area contributed by atoms with E-state index in [2.05, 4.69) is 19.9 Å². The number of H-pyrrole nitrogens is 1. The zero-order valence-corrected chi connectivity index (χ0v) is 21.2. The van der Waals surface area contributed by atoms with Crippen molar-refractivity contribution in [1.29, 1.82) is 0 Å². The number of hydrogen-bond donors (Lipinski definition) is 2. The smallest absolute Gasteiger partial charge is 0.237 e. The van der Waals surface area contributed by atoms with Gasteiger partial charge in [-0.15, -0.1) is 0 Å². The van der Waals surface area contributed by atoms with Crippen LogP contribution in [0.2, 0.25) is 0 Å². The summed E-state index contributed by atoms with van der Waals surface area (Å²) in [6.07, 6.45) is 8.56. The van der Waals surface area contributed by atoms with E-state index in [0.29, 0.717) is 33.6 Å². The normalized spacial score (nSPS) is 13.5. The Kier molecular flexibility index (Phi) is 6.15. The molecule has 39 heavy (non-hydrogen) atoms. The summed E-state index contributed by atoms with van der Waals surface area (Å²) in [5.41, 5.74) is 0.889. The molecule has 6 rings (SSSR count). The molecule has 8 nitrogen and oxygen atoms in total. The number of halogens is 2. The predicted molar refractivity (Wildman–Crippen MR) is 142 cm³/mol. The number of aromatic nitrogens is 4. The minimum Gasteiger partial charge on any atom is -0.345 e. The van der Waals surface area contributed by atoms with Crippen molar-refractivity contribution in [2.45, 2.75) is 24.5 Å². The summed E-state index contributed by atoms with van der Waals surface area (Å²) < 4.78 is 57.3. The van der Waals surface area contributed by atoms with Gasteiger partial charge in [0.2, 0.25) is 10.0 Å². The lowest BCUT2D eigenvalue weighted by Crippen LogP contribution is -2.18. The molecule has 0 radical (unpaired) electrons. The predicted octanol–water partition coefficient (Wildman–Crippen LogP) is 5.35. The van der Waals surface area contributed by atoms with Crippen molar-refractivity contribution < 1.29 is 22.0 Å². The summed E-state index contributed by atoms with van der Waals surface area (Å²) in [4.78, 5) is 29.5. The molecule has 0 bridgehead atoms. The van der Waals surface area contributed by atoms with Gasteiger partial charge in [-0.05, 0) is 36.6 Å². The number of nitrogens with zero attached hydrogens (tertiary/aromatic N) is 3. The standard InChI is InChI=1S/C28H21F2N5O3S/c29-23-9-8-20(24(30)25(23)35-39(37,38)15-16-4-2-1-3-5-16)26(36)22-14-34-28-21(22)10-18(11-33-28)19-12-31-27(32-13-19)17-6-7-17/h1-5,8-14,17,35H,6-7,15H2,(H,33,34). The van der Waals surface area contributed by atoms with Crippen molar-refractivity contribution in [1.82, 2.24) is 19.9 Å². The van der Waals surface area contributed by atoms with Gasteiger partial charge in [-0.3, -0.25) is 9.52 Å². The highest BCUT2D eigenvalue weighted by Gasteiger charge is 2.27. The molecule has 1 fully saturated rings. The number of benzene rings is 2. The molecule has 11 heteroatoms. The Bertz CT molecular complexity index is 1820. The van der Waals surface area contributed by atoms with Gasteiger partial charge < -0.3 is 4.98 Å². The number of rotatable bonds is 8. The number of carbonyl (C=O) groups excluding carboxylic acids is 1. The molecule has 5 aromatic rings. The number of ketones is 1. The Hall–Kier alpha value is -4.51. The molecule has 0 amide bonds. The van der Waals surface area contributed by atoms with Crippen molar-refractivity contribution in [3.63, 3.8) is 0 Å². The summed E-state index contributed by atoms with van der Waals surface area (Å²) in [6.45, 7) is 0. The van der Waals surface area contributed by atoms with Gasteiger partial charge in [-0.25, -0.2) is 32.2 Å².